The molecule has 1 aliphatic heterocycles. The second-order valence-electron chi connectivity index (χ2n) is 3.03. The van der Waals surface area contributed by atoms with Crippen molar-refractivity contribution in [1.82, 2.24) is 0 Å². The summed E-state index contributed by atoms with van der Waals surface area (Å²) in [5, 5.41) is 0.695. The zero-order valence-corrected chi connectivity index (χ0v) is 7.56. The fraction of sp³-hybridized carbons (Fsp3) is 0.333. The summed E-state index contributed by atoms with van der Waals surface area (Å²) in [6.07, 6.45) is 0. The molecule has 0 fully saturated rings. The van der Waals surface area contributed by atoms with E-state index in [9.17, 15) is 0 Å². The highest BCUT2D eigenvalue weighted by atomic mass is 35.5. The molecule has 0 unspecified atom stereocenters. The number of aryl methyl sites for hydroxylation is 1. The largest absolute Gasteiger partial charge is 0.490 e. The number of fused-ring (bicyclic) bond motifs is 1. The third-order valence-corrected chi connectivity index (χ3v) is 2.60. The summed E-state index contributed by atoms with van der Waals surface area (Å²) in [4.78, 5) is 0. The summed E-state index contributed by atoms with van der Waals surface area (Å²) < 4.78 is 5.37. The van der Waals surface area contributed by atoms with E-state index in [1.807, 2.05) is 19.1 Å². The third-order valence-electron chi connectivity index (χ3n) is 2.13. The van der Waals surface area contributed by atoms with Crippen LogP contribution >= 0.6 is 11.6 Å². The minimum atomic E-state index is -0.0156. The summed E-state index contributed by atoms with van der Waals surface area (Å²) in [5.74, 6) is 0.768. The molecule has 1 aromatic rings. The van der Waals surface area contributed by atoms with E-state index < -0.39 is 0 Å². The van der Waals surface area contributed by atoms with Crippen molar-refractivity contribution in [3.05, 3.63) is 28.3 Å². The van der Waals surface area contributed by atoms with Crippen molar-refractivity contribution in [1.29, 1.82) is 0 Å². The summed E-state index contributed by atoms with van der Waals surface area (Å²) >= 11 is 6.02. The Morgan fingerprint density at radius 2 is 2.33 bits per heavy atom. The van der Waals surface area contributed by atoms with Gasteiger partial charge in [0, 0.05) is 5.56 Å². The molecule has 12 heavy (non-hydrogen) atoms. The molecule has 0 amide bonds. The molecule has 64 valence electrons. The minimum absolute atomic E-state index is 0.0156. The van der Waals surface area contributed by atoms with Crippen LogP contribution in [0, 0.1) is 6.92 Å². The van der Waals surface area contributed by atoms with E-state index in [0.29, 0.717) is 11.6 Å². The van der Waals surface area contributed by atoms with Crippen LogP contribution in [0.5, 0.6) is 5.75 Å². The highest BCUT2D eigenvalue weighted by molar-refractivity contribution is 6.33. The maximum absolute atomic E-state index is 6.02. The molecule has 3 heteroatoms. The van der Waals surface area contributed by atoms with Crippen molar-refractivity contribution in [2.45, 2.75) is 13.0 Å². The Balaban J connectivity index is 2.60. The first kappa shape index (κ1) is 7.90. The Morgan fingerprint density at radius 3 is 3.08 bits per heavy atom. The lowest BCUT2D eigenvalue weighted by Crippen LogP contribution is -2.10. The van der Waals surface area contributed by atoms with Crippen molar-refractivity contribution in [2.75, 3.05) is 6.61 Å². The summed E-state index contributed by atoms with van der Waals surface area (Å²) in [6, 6.07) is 3.93. The van der Waals surface area contributed by atoms with Crippen LogP contribution in [0.4, 0.5) is 0 Å². The molecule has 1 aliphatic rings. The van der Waals surface area contributed by atoms with Gasteiger partial charge in [-0.2, -0.15) is 0 Å². The van der Waals surface area contributed by atoms with Gasteiger partial charge < -0.3 is 10.5 Å². The number of hydrogen-bond donors (Lipinski definition) is 1. The molecule has 1 heterocycles. The first-order valence-corrected chi connectivity index (χ1v) is 4.25. The van der Waals surface area contributed by atoms with Crippen LogP contribution < -0.4 is 10.5 Å². The lowest BCUT2D eigenvalue weighted by Gasteiger charge is -2.04. The summed E-state index contributed by atoms with van der Waals surface area (Å²) in [7, 11) is 0. The standard InChI is InChI=1S/C9H10ClNO/c1-5-2-3-6-7(11)4-12-9(6)8(5)10/h2-3,7H,4,11H2,1H3/t7-/m1/s1. The highest BCUT2D eigenvalue weighted by Gasteiger charge is 2.23. The topological polar surface area (TPSA) is 35.2 Å². The Labute approximate surface area is 76.3 Å². The van der Waals surface area contributed by atoms with Crippen LogP contribution in [-0.2, 0) is 0 Å². The number of rotatable bonds is 0. The average Bonchev–Trinajstić information content (AvgIpc) is 2.41. The molecule has 0 bridgehead atoms. The van der Waals surface area contributed by atoms with Gasteiger partial charge in [0.2, 0.25) is 0 Å². The van der Waals surface area contributed by atoms with Gasteiger partial charge >= 0.3 is 0 Å². The zero-order chi connectivity index (χ0) is 8.72. The SMILES string of the molecule is Cc1ccc2c(c1Cl)OC[C@H]2N. The van der Waals surface area contributed by atoms with Gasteiger partial charge in [-0.15, -0.1) is 0 Å². The monoisotopic (exact) mass is 183 g/mol. The van der Waals surface area contributed by atoms with Crippen LogP contribution in [0.1, 0.15) is 17.2 Å². The van der Waals surface area contributed by atoms with E-state index >= 15 is 0 Å². The lowest BCUT2D eigenvalue weighted by atomic mass is 10.1. The van der Waals surface area contributed by atoms with Crippen molar-refractivity contribution < 1.29 is 4.74 Å². The van der Waals surface area contributed by atoms with Crippen LogP contribution in [0.2, 0.25) is 5.02 Å². The second kappa shape index (κ2) is 2.64. The van der Waals surface area contributed by atoms with Gasteiger partial charge in [-0.25, -0.2) is 0 Å². The van der Waals surface area contributed by atoms with Gasteiger partial charge in [0.25, 0.3) is 0 Å². The van der Waals surface area contributed by atoms with Crippen LogP contribution in [-0.4, -0.2) is 6.61 Å². The number of hydrogen-bond acceptors (Lipinski definition) is 2. The van der Waals surface area contributed by atoms with Crippen molar-refractivity contribution in [2.24, 2.45) is 5.73 Å². The molecule has 0 spiro atoms. The molecule has 2 N–H and O–H groups in total. The predicted molar refractivity (Wildman–Crippen MR) is 48.6 cm³/mol. The molecule has 2 nitrogen and oxygen atoms in total. The fourth-order valence-electron chi connectivity index (χ4n) is 1.37. The van der Waals surface area contributed by atoms with Gasteiger partial charge in [-0.05, 0) is 12.5 Å². The smallest absolute Gasteiger partial charge is 0.143 e. The lowest BCUT2D eigenvalue weighted by molar-refractivity contribution is 0.333. The fourth-order valence-corrected chi connectivity index (χ4v) is 1.60. The number of halogens is 1. The molecule has 0 saturated carbocycles. The van der Waals surface area contributed by atoms with E-state index in [1.165, 1.54) is 0 Å². The molecule has 2 rings (SSSR count). The molecule has 1 aromatic carbocycles. The third kappa shape index (κ3) is 0.993. The van der Waals surface area contributed by atoms with Gasteiger partial charge in [0.1, 0.15) is 12.4 Å². The Bertz CT molecular complexity index is 325. The molecular formula is C9H10ClNO. The zero-order valence-electron chi connectivity index (χ0n) is 6.80. The van der Waals surface area contributed by atoms with E-state index in [1.54, 1.807) is 0 Å². The molecule has 0 aromatic heterocycles. The van der Waals surface area contributed by atoms with Gasteiger partial charge in [0.15, 0.2) is 0 Å². The highest BCUT2D eigenvalue weighted by Crippen LogP contribution is 2.38. The number of ether oxygens (including phenoxy) is 1. The van der Waals surface area contributed by atoms with E-state index in [0.717, 1.165) is 16.9 Å². The van der Waals surface area contributed by atoms with E-state index in [-0.39, 0.29) is 6.04 Å². The summed E-state index contributed by atoms with van der Waals surface area (Å²) in [6.45, 7) is 2.49. The van der Waals surface area contributed by atoms with Crippen molar-refractivity contribution in [3.8, 4) is 5.75 Å². The minimum Gasteiger partial charge on any atom is -0.490 e. The quantitative estimate of drug-likeness (QED) is 0.668. The van der Waals surface area contributed by atoms with Gasteiger partial charge in [-0.1, -0.05) is 23.7 Å². The van der Waals surface area contributed by atoms with Crippen molar-refractivity contribution >= 4 is 11.6 Å². The first-order chi connectivity index (χ1) is 5.70. The molecule has 1 atom stereocenters. The molecule has 0 aliphatic carbocycles. The Hall–Kier alpha value is -0.730. The van der Waals surface area contributed by atoms with E-state index in [4.69, 9.17) is 22.1 Å². The molecular weight excluding hydrogens is 174 g/mol. The van der Waals surface area contributed by atoms with E-state index in [2.05, 4.69) is 0 Å². The summed E-state index contributed by atoms with van der Waals surface area (Å²) in [5.41, 5.74) is 7.83. The second-order valence-corrected chi connectivity index (χ2v) is 3.41. The Morgan fingerprint density at radius 1 is 1.58 bits per heavy atom. The normalized spacial score (nSPS) is 20.4. The van der Waals surface area contributed by atoms with Crippen LogP contribution in [0.15, 0.2) is 12.1 Å². The van der Waals surface area contributed by atoms with Crippen LogP contribution in [0.25, 0.3) is 0 Å². The van der Waals surface area contributed by atoms with Gasteiger partial charge in [-0.3, -0.25) is 0 Å². The van der Waals surface area contributed by atoms with Gasteiger partial charge in [0.05, 0.1) is 11.1 Å². The maximum Gasteiger partial charge on any atom is 0.143 e. The number of nitrogens with two attached hydrogens (primary N) is 1. The number of benzene rings is 1. The maximum atomic E-state index is 6.02. The average molecular weight is 184 g/mol. The first-order valence-electron chi connectivity index (χ1n) is 3.87. The molecule has 0 radical (unpaired) electrons. The van der Waals surface area contributed by atoms with Crippen molar-refractivity contribution in [3.63, 3.8) is 0 Å². The Kier molecular flexibility index (Phi) is 1.74. The predicted octanol–water partition coefficient (Wildman–Crippen LogP) is 2.04. The van der Waals surface area contributed by atoms with Crippen LogP contribution in [0.3, 0.4) is 0 Å². The molecule has 0 saturated heterocycles.